The number of sulfone groups is 1. The Morgan fingerprint density at radius 3 is 2.65 bits per heavy atom. The van der Waals surface area contributed by atoms with Gasteiger partial charge in [0, 0.05) is 12.1 Å². The molecule has 0 bridgehead atoms. The molecule has 1 aromatic carbocycles. The average Bonchev–Trinajstić information content (AvgIpc) is 2.66. The number of fused-ring (bicyclic) bond motifs is 1. The van der Waals surface area contributed by atoms with Gasteiger partial charge in [-0.05, 0) is 31.1 Å². The van der Waals surface area contributed by atoms with Gasteiger partial charge in [0.1, 0.15) is 15.7 Å². The average molecular weight is 335 g/mol. The number of hydrogen-bond acceptors (Lipinski definition) is 3. The van der Waals surface area contributed by atoms with Crippen molar-refractivity contribution < 1.29 is 12.8 Å². The van der Waals surface area contributed by atoms with Crippen LogP contribution in [0.3, 0.4) is 0 Å². The number of nitrogens with one attached hydrogen (secondary N) is 1. The van der Waals surface area contributed by atoms with E-state index in [0.29, 0.717) is 28.6 Å². The fourth-order valence-electron chi connectivity index (χ4n) is 2.62. The third-order valence-corrected chi connectivity index (χ3v) is 5.95. The fourth-order valence-corrected chi connectivity index (χ4v) is 4.61. The van der Waals surface area contributed by atoms with Crippen LogP contribution in [0, 0.1) is 10.6 Å². The van der Waals surface area contributed by atoms with Crippen LogP contribution < -0.4 is 0 Å². The third-order valence-electron chi connectivity index (χ3n) is 3.65. The number of aromatic nitrogens is 2. The maximum absolute atomic E-state index is 13.6. The van der Waals surface area contributed by atoms with Crippen molar-refractivity contribution in [3.8, 4) is 0 Å². The molecule has 0 spiro atoms. The lowest BCUT2D eigenvalue weighted by Gasteiger charge is -2.23. The monoisotopic (exact) mass is 334 g/mol. The van der Waals surface area contributed by atoms with Gasteiger partial charge in [0.15, 0.2) is 4.77 Å². The van der Waals surface area contributed by atoms with Gasteiger partial charge in [-0.3, -0.25) is 0 Å². The molecule has 4 nitrogen and oxygen atoms in total. The van der Waals surface area contributed by atoms with Crippen molar-refractivity contribution in [2.24, 2.45) is 0 Å². The molecule has 0 saturated carbocycles. The molecule has 108 valence electrons. The Morgan fingerprint density at radius 1 is 1.35 bits per heavy atom. The Bertz CT molecular complexity index is 827. The van der Waals surface area contributed by atoms with E-state index in [1.165, 1.54) is 12.1 Å². The summed E-state index contributed by atoms with van der Waals surface area (Å²) in [4.78, 5) is 2.99. The highest BCUT2D eigenvalue weighted by Gasteiger charge is 2.26. The Balaban J connectivity index is 2.10. The van der Waals surface area contributed by atoms with Gasteiger partial charge in [0.05, 0.1) is 27.6 Å². The van der Waals surface area contributed by atoms with E-state index in [-0.39, 0.29) is 22.6 Å². The molecule has 1 saturated heterocycles. The summed E-state index contributed by atoms with van der Waals surface area (Å²) in [5.74, 6) is -0.227. The zero-order chi connectivity index (χ0) is 14.5. The zero-order valence-corrected chi connectivity index (χ0v) is 12.8. The molecule has 1 aliphatic heterocycles. The zero-order valence-electron chi connectivity index (χ0n) is 10.4. The smallest absolute Gasteiger partial charge is 0.178 e. The summed E-state index contributed by atoms with van der Waals surface area (Å²) in [6, 6.07) is 2.81. The molecule has 0 amide bonds. The first-order valence-corrected chi connectivity index (χ1v) is 8.78. The van der Waals surface area contributed by atoms with E-state index >= 15 is 0 Å². The highest BCUT2D eigenvalue weighted by atomic mass is 35.5. The lowest BCUT2D eigenvalue weighted by Crippen LogP contribution is -2.25. The summed E-state index contributed by atoms with van der Waals surface area (Å²) in [5, 5.41) is 0.0344. The molecule has 20 heavy (non-hydrogen) atoms. The van der Waals surface area contributed by atoms with Crippen LogP contribution in [0.15, 0.2) is 12.1 Å². The maximum Gasteiger partial charge on any atom is 0.178 e. The molecule has 8 heteroatoms. The maximum atomic E-state index is 13.6. The SMILES string of the molecule is O=S1(=O)CCC(n2c(=S)[nH]c3cc(Cl)c(F)cc32)CC1. The first-order chi connectivity index (χ1) is 9.37. The van der Waals surface area contributed by atoms with Gasteiger partial charge >= 0.3 is 0 Å². The summed E-state index contributed by atoms with van der Waals surface area (Å²) in [7, 11) is -2.94. The number of imidazole rings is 1. The molecule has 0 aliphatic carbocycles. The number of nitrogens with zero attached hydrogens (tertiary/aromatic N) is 1. The van der Waals surface area contributed by atoms with Crippen LogP contribution in [0.25, 0.3) is 11.0 Å². The number of H-pyrrole nitrogens is 1. The van der Waals surface area contributed by atoms with Gasteiger partial charge in [0.25, 0.3) is 0 Å². The summed E-state index contributed by atoms with van der Waals surface area (Å²) in [6.45, 7) is 0. The van der Waals surface area contributed by atoms with Crippen molar-refractivity contribution in [1.82, 2.24) is 9.55 Å². The van der Waals surface area contributed by atoms with Gasteiger partial charge in [-0.25, -0.2) is 12.8 Å². The second-order valence-electron chi connectivity index (χ2n) is 4.97. The number of hydrogen-bond donors (Lipinski definition) is 1. The van der Waals surface area contributed by atoms with Crippen molar-refractivity contribution in [1.29, 1.82) is 0 Å². The minimum absolute atomic E-state index is 0.0275. The molecular weight excluding hydrogens is 323 g/mol. The first kappa shape index (κ1) is 14.0. The van der Waals surface area contributed by atoms with Crippen LogP contribution >= 0.6 is 23.8 Å². The van der Waals surface area contributed by atoms with Gasteiger partial charge < -0.3 is 9.55 Å². The molecule has 0 atom stereocenters. The van der Waals surface area contributed by atoms with E-state index in [1.54, 1.807) is 4.57 Å². The highest BCUT2D eigenvalue weighted by Crippen LogP contribution is 2.30. The van der Waals surface area contributed by atoms with E-state index in [2.05, 4.69) is 4.98 Å². The molecule has 0 unspecified atom stereocenters. The van der Waals surface area contributed by atoms with Gasteiger partial charge in [-0.2, -0.15) is 0 Å². The van der Waals surface area contributed by atoms with Gasteiger partial charge in [0.2, 0.25) is 0 Å². The van der Waals surface area contributed by atoms with E-state index in [1.807, 2.05) is 0 Å². The summed E-state index contributed by atoms with van der Waals surface area (Å²) in [5.41, 5.74) is 1.29. The predicted octanol–water partition coefficient (Wildman–Crippen LogP) is 3.24. The van der Waals surface area contributed by atoms with Crippen molar-refractivity contribution in [3.63, 3.8) is 0 Å². The minimum atomic E-state index is -2.94. The normalized spacial score (nSPS) is 19.5. The van der Waals surface area contributed by atoms with Crippen LogP contribution in [-0.4, -0.2) is 29.5 Å². The highest BCUT2D eigenvalue weighted by molar-refractivity contribution is 7.91. The molecule has 1 fully saturated rings. The topological polar surface area (TPSA) is 54.9 Å². The Kier molecular flexibility index (Phi) is 3.38. The van der Waals surface area contributed by atoms with Crippen molar-refractivity contribution in [2.75, 3.05) is 11.5 Å². The lowest BCUT2D eigenvalue weighted by molar-refractivity contribution is 0.455. The second kappa shape index (κ2) is 4.82. The van der Waals surface area contributed by atoms with E-state index in [0.717, 1.165) is 0 Å². The molecule has 1 N–H and O–H groups in total. The van der Waals surface area contributed by atoms with E-state index < -0.39 is 15.7 Å². The quantitative estimate of drug-likeness (QED) is 0.814. The number of benzene rings is 1. The Hall–Kier alpha value is -0.920. The Labute approximate surface area is 125 Å². The summed E-state index contributed by atoms with van der Waals surface area (Å²) < 4.78 is 38.9. The largest absolute Gasteiger partial charge is 0.331 e. The van der Waals surface area contributed by atoms with E-state index in [9.17, 15) is 12.8 Å². The van der Waals surface area contributed by atoms with Crippen LogP contribution in [0.5, 0.6) is 0 Å². The molecule has 1 aromatic heterocycles. The van der Waals surface area contributed by atoms with Crippen LogP contribution in [0.1, 0.15) is 18.9 Å². The second-order valence-corrected chi connectivity index (χ2v) is 8.06. The van der Waals surface area contributed by atoms with Crippen LogP contribution in [0.4, 0.5) is 4.39 Å². The molecule has 2 aromatic rings. The number of aromatic amines is 1. The van der Waals surface area contributed by atoms with E-state index in [4.69, 9.17) is 23.8 Å². The Morgan fingerprint density at radius 2 is 2.00 bits per heavy atom. The summed E-state index contributed by atoms with van der Waals surface area (Å²) >= 11 is 11.0. The molecule has 3 rings (SSSR count). The summed E-state index contributed by atoms with van der Waals surface area (Å²) in [6.07, 6.45) is 0.988. The number of rotatable bonds is 1. The molecule has 1 aliphatic rings. The van der Waals surface area contributed by atoms with Gasteiger partial charge in [-0.1, -0.05) is 11.6 Å². The first-order valence-electron chi connectivity index (χ1n) is 6.17. The van der Waals surface area contributed by atoms with Gasteiger partial charge in [-0.15, -0.1) is 0 Å². The van der Waals surface area contributed by atoms with Crippen LogP contribution in [0.2, 0.25) is 5.02 Å². The number of halogens is 2. The molecular formula is C12H12ClFN2O2S2. The fraction of sp³-hybridized carbons (Fsp3) is 0.417. The third kappa shape index (κ3) is 2.38. The lowest BCUT2D eigenvalue weighted by atomic mass is 10.1. The van der Waals surface area contributed by atoms with Crippen molar-refractivity contribution in [2.45, 2.75) is 18.9 Å². The minimum Gasteiger partial charge on any atom is -0.331 e. The predicted molar refractivity (Wildman–Crippen MR) is 79.0 cm³/mol. The van der Waals surface area contributed by atoms with Crippen molar-refractivity contribution in [3.05, 3.63) is 27.7 Å². The molecule has 2 heterocycles. The van der Waals surface area contributed by atoms with Crippen molar-refractivity contribution >= 4 is 44.7 Å². The standard InChI is InChI=1S/C12H12ClFN2O2S2/c13-8-5-10-11(6-9(8)14)16(12(19)15-10)7-1-3-20(17,18)4-2-7/h5-7H,1-4H2,(H,15,19). The molecule has 0 radical (unpaired) electrons. The van der Waals surface area contributed by atoms with Crippen LogP contribution in [-0.2, 0) is 9.84 Å².